The van der Waals surface area contributed by atoms with Gasteiger partial charge in [0.05, 0.1) is 40.7 Å². The van der Waals surface area contributed by atoms with Crippen LogP contribution < -0.4 is 4.74 Å². The summed E-state index contributed by atoms with van der Waals surface area (Å²) in [5, 5.41) is 34.9. The van der Waals surface area contributed by atoms with E-state index in [1.807, 2.05) is 80.6 Å². The van der Waals surface area contributed by atoms with E-state index in [-0.39, 0.29) is 5.75 Å². The maximum atomic E-state index is 9.32. The summed E-state index contributed by atoms with van der Waals surface area (Å²) in [5.41, 5.74) is 5.23. The molecule has 0 aliphatic heterocycles. The second-order valence-corrected chi connectivity index (χ2v) is 7.53. The topological polar surface area (TPSA) is 104 Å². The molecular formula is C27H24N6O2. The molecule has 0 aliphatic carbocycles. The number of benzene rings is 4. The van der Waals surface area contributed by atoms with E-state index >= 15 is 0 Å². The smallest absolute Gasteiger partial charge is 0.119 e. The Hall–Kier alpha value is -4.72. The molecule has 8 nitrogen and oxygen atoms in total. The predicted octanol–water partition coefficient (Wildman–Crippen LogP) is 9.35. The van der Waals surface area contributed by atoms with E-state index in [2.05, 4.69) is 30.7 Å². The molecule has 0 radical (unpaired) electrons. The summed E-state index contributed by atoms with van der Waals surface area (Å²) < 4.78 is 5.44. The first kappa shape index (κ1) is 23.4. The number of azo groups is 3. The predicted molar refractivity (Wildman–Crippen MR) is 136 cm³/mol. The van der Waals surface area contributed by atoms with Crippen molar-refractivity contribution in [2.45, 2.75) is 13.8 Å². The zero-order chi connectivity index (χ0) is 24.5. The molecule has 4 rings (SSSR count). The van der Waals surface area contributed by atoms with Crippen LogP contribution in [0.2, 0.25) is 0 Å². The van der Waals surface area contributed by atoms with Gasteiger partial charge in [0.1, 0.15) is 11.5 Å². The number of hydrogen-bond donors (Lipinski definition) is 1. The number of aromatic hydroxyl groups is 1. The van der Waals surface area contributed by atoms with Gasteiger partial charge in [-0.05, 0) is 110 Å². The van der Waals surface area contributed by atoms with Crippen LogP contribution in [0.3, 0.4) is 0 Å². The Morgan fingerprint density at radius 3 is 1.51 bits per heavy atom. The van der Waals surface area contributed by atoms with E-state index in [0.717, 1.165) is 28.4 Å². The average Bonchev–Trinajstić information content (AvgIpc) is 2.88. The van der Waals surface area contributed by atoms with E-state index in [4.69, 9.17) is 4.74 Å². The molecule has 0 fully saturated rings. The van der Waals surface area contributed by atoms with Gasteiger partial charge in [-0.15, -0.1) is 0 Å². The molecule has 4 aromatic rings. The summed E-state index contributed by atoms with van der Waals surface area (Å²) >= 11 is 0. The van der Waals surface area contributed by atoms with Crippen molar-refractivity contribution in [3.8, 4) is 11.5 Å². The van der Waals surface area contributed by atoms with Gasteiger partial charge in [0.15, 0.2) is 0 Å². The van der Waals surface area contributed by atoms with Gasteiger partial charge in [-0.1, -0.05) is 0 Å². The lowest BCUT2D eigenvalue weighted by atomic mass is 10.2. The Morgan fingerprint density at radius 2 is 1.00 bits per heavy atom. The molecule has 35 heavy (non-hydrogen) atoms. The fourth-order valence-corrected chi connectivity index (χ4v) is 3.04. The van der Waals surface area contributed by atoms with Crippen molar-refractivity contribution in [3.63, 3.8) is 0 Å². The largest absolute Gasteiger partial charge is 0.508 e. The Kier molecular flexibility index (Phi) is 7.65. The van der Waals surface area contributed by atoms with Crippen LogP contribution in [0.1, 0.15) is 12.5 Å². The third-order valence-electron chi connectivity index (χ3n) is 4.86. The van der Waals surface area contributed by atoms with E-state index in [9.17, 15) is 5.11 Å². The SMILES string of the molecule is CCOc1ccc(N=Nc2ccc(N=Nc3ccc(N=Nc4ccc(O)cc4)cc3)c(C)c2)cc1. The summed E-state index contributed by atoms with van der Waals surface area (Å²) in [5.74, 6) is 1.00. The molecule has 0 aromatic heterocycles. The molecule has 4 aromatic carbocycles. The lowest BCUT2D eigenvalue weighted by Gasteiger charge is -2.02. The van der Waals surface area contributed by atoms with Crippen molar-refractivity contribution in [1.29, 1.82) is 0 Å². The standard InChI is InChI=1S/C27H24N6O2/c1-3-35-26-15-10-23(11-16-26)30-32-24-12-17-27(19(2)18-24)33-31-21-6-4-20(5-7-21)28-29-22-8-13-25(34)14-9-22/h4-18,34H,3H2,1-2H3. The summed E-state index contributed by atoms with van der Waals surface area (Å²) in [6.45, 7) is 4.53. The van der Waals surface area contributed by atoms with Gasteiger partial charge in [0, 0.05) is 0 Å². The first-order chi connectivity index (χ1) is 17.1. The molecule has 0 aliphatic rings. The number of phenols is 1. The highest BCUT2D eigenvalue weighted by atomic mass is 16.5. The van der Waals surface area contributed by atoms with Crippen molar-refractivity contribution in [1.82, 2.24) is 0 Å². The summed E-state index contributed by atoms with van der Waals surface area (Å²) in [6, 6.07) is 26.9. The minimum atomic E-state index is 0.192. The third kappa shape index (κ3) is 6.88. The van der Waals surface area contributed by atoms with E-state index < -0.39 is 0 Å². The first-order valence-corrected chi connectivity index (χ1v) is 11.1. The Morgan fingerprint density at radius 1 is 0.571 bits per heavy atom. The van der Waals surface area contributed by atoms with Crippen LogP contribution in [0.15, 0.2) is 122 Å². The zero-order valence-corrected chi connectivity index (χ0v) is 19.4. The molecule has 0 saturated carbocycles. The fraction of sp³-hybridized carbons (Fsp3) is 0.111. The number of rotatable bonds is 8. The average molecular weight is 465 g/mol. The van der Waals surface area contributed by atoms with Crippen LogP contribution in [-0.2, 0) is 0 Å². The normalized spacial score (nSPS) is 11.6. The highest BCUT2D eigenvalue weighted by molar-refractivity contribution is 5.54. The maximum Gasteiger partial charge on any atom is 0.119 e. The van der Waals surface area contributed by atoms with Gasteiger partial charge >= 0.3 is 0 Å². The molecule has 1 N–H and O–H groups in total. The van der Waals surface area contributed by atoms with Gasteiger partial charge < -0.3 is 9.84 Å². The highest BCUT2D eigenvalue weighted by Crippen LogP contribution is 2.29. The van der Waals surface area contributed by atoms with Crippen LogP contribution in [0.25, 0.3) is 0 Å². The van der Waals surface area contributed by atoms with Crippen molar-refractivity contribution in [2.75, 3.05) is 6.61 Å². The van der Waals surface area contributed by atoms with Gasteiger partial charge in [0.25, 0.3) is 0 Å². The molecule has 174 valence electrons. The number of aryl methyl sites for hydroxylation is 1. The van der Waals surface area contributed by atoms with Gasteiger partial charge in [-0.2, -0.15) is 30.7 Å². The Balaban J connectivity index is 1.37. The molecule has 0 atom stereocenters. The lowest BCUT2D eigenvalue weighted by molar-refractivity contribution is 0.340. The molecule has 0 heterocycles. The van der Waals surface area contributed by atoms with Crippen LogP contribution in [0, 0.1) is 6.92 Å². The second kappa shape index (κ2) is 11.4. The molecular weight excluding hydrogens is 440 g/mol. The number of phenolic OH excluding ortho intramolecular Hbond substituents is 1. The van der Waals surface area contributed by atoms with Gasteiger partial charge in [-0.25, -0.2) is 0 Å². The van der Waals surface area contributed by atoms with Crippen LogP contribution in [0.5, 0.6) is 11.5 Å². The van der Waals surface area contributed by atoms with Gasteiger partial charge in [-0.3, -0.25) is 0 Å². The lowest BCUT2D eigenvalue weighted by Crippen LogP contribution is -1.89. The molecule has 0 amide bonds. The summed E-state index contributed by atoms with van der Waals surface area (Å²) in [6.07, 6.45) is 0. The third-order valence-corrected chi connectivity index (χ3v) is 4.86. The zero-order valence-electron chi connectivity index (χ0n) is 19.4. The fourth-order valence-electron chi connectivity index (χ4n) is 3.04. The maximum absolute atomic E-state index is 9.32. The number of nitrogens with zero attached hydrogens (tertiary/aromatic N) is 6. The summed E-state index contributed by atoms with van der Waals surface area (Å²) in [4.78, 5) is 0. The first-order valence-electron chi connectivity index (χ1n) is 11.1. The van der Waals surface area contributed by atoms with Crippen molar-refractivity contribution in [3.05, 3.63) is 96.6 Å². The monoisotopic (exact) mass is 464 g/mol. The molecule has 0 bridgehead atoms. The number of hydrogen-bond acceptors (Lipinski definition) is 8. The van der Waals surface area contributed by atoms with E-state index in [1.54, 1.807) is 24.3 Å². The molecule has 0 saturated heterocycles. The Bertz CT molecular complexity index is 1350. The summed E-state index contributed by atoms with van der Waals surface area (Å²) in [7, 11) is 0. The molecule has 8 heteroatoms. The van der Waals surface area contributed by atoms with Gasteiger partial charge in [0.2, 0.25) is 0 Å². The molecule has 0 spiro atoms. The van der Waals surface area contributed by atoms with Crippen molar-refractivity contribution in [2.24, 2.45) is 30.7 Å². The van der Waals surface area contributed by atoms with E-state index in [1.165, 1.54) is 0 Å². The quantitative estimate of drug-likeness (QED) is 0.262. The minimum Gasteiger partial charge on any atom is -0.508 e. The van der Waals surface area contributed by atoms with Crippen LogP contribution in [-0.4, -0.2) is 11.7 Å². The van der Waals surface area contributed by atoms with Crippen LogP contribution >= 0.6 is 0 Å². The van der Waals surface area contributed by atoms with Crippen molar-refractivity contribution >= 4 is 34.1 Å². The van der Waals surface area contributed by atoms with E-state index in [0.29, 0.717) is 23.7 Å². The highest BCUT2D eigenvalue weighted by Gasteiger charge is 2.00. The number of ether oxygens (including phenoxy) is 1. The second-order valence-electron chi connectivity index (χ2n) is 7.53. The Labute approximate surface area is 203 Å². The minimum absolute atomic E-state index is 0.192. The molecule has 0 unspecified atom stereocenters. The van der Waals surface area contributed by atoms with Crippen molar-refractivity contribution < 1.29 is 9.84 Å². The van der Waals surface area contributed by atoms with Crippen LogP contribution in [0.4, 0.5) is 34.1 Å².